The molecule has 6 amide bonds. The summed E-state index contributed by atoms with van der Waals surface area (Å²) in [4.78, 5) is 88.4. The molecule has 0 aromatic heterocycles. The Hall–Kier alpha value is -6.00. The number of carbonyl (C=O) groups excluding carboxylic acids is 5. The SMILES string of the molecule is NC(=O)N/N=C/C(CC(=O)O)NC(=O)[C@@H]1Cc2cccc3c2N1C(=O)[C@@H](NC(=O)[C@@H](CC(=O)O)NC(=O)OCc1ccccc1)CC3. The van der Waals surface area contributed by atoms with E-state index in [1.165, 1.54) is 4.90 Å². The zero-order valence-corrected chi connectivity index (χ0v) is 24.9. The number of nitrogens with one attached hydrogen (secondary N) is 4. The van der Waals surface area contributed by atoms with E-state index in [0.717, 1.165) is 11.8 Å². The van der Waals surface area contributed by atoms with Crippen LogP contribution < -0.4 is 32.0 Å². The van der Waals surface area contributed by atoms with Gasteiger partial charge in [0.25, 0.3) is 0 Å². The Morgan fingerprint density at radius 1 is 0.979 bits per heavy atom. The van der Waals surface area contributed by atoms with Crippen LogP contribution >= 0.6 is 0 Å². The number of hydrazone groups is 1. The molecule has 0 radical (unpaired) electrons. The summed E-state index contributed by atoms with van der Waals surface area (Å²) < 4.78 is 5.12. The number of nitrogens with two attached hydrogens (primary N) is 1. The minimum Gasteiger partial charge on any atom is -0.481 e. The van der Waals surface area contributed by atoms with Gasteiger partial charge in [-0.2, -0.15) is 5.10 Å². The molecule has 1 unspecified atom stereocenters. The number of para-hydroxylation sites is 1. The number of ether oxygens (including phenoxy) is 1. The fraction of sp³-hybridized carbons (Fsp3) is 0.333. The molecule has 0 bridgehead atoms. The Morgan fingerprint density at radius 3 is 2.36 bits per heavy atom. The van der Waals surface area contributed by atoms with Gasteiger partial charge in [-0.05, 0) is 29.5 Å². The quantitative estimate of drug-likeness (QED) is 0.110. The first-order valence-electron chi connectivity index (χ1n) is 14.5. The maximum atomic E-state index is 14.0. The Balaban J connectivity index is 1.50. The van der Waals surface area contributed by atoms with Crippen LogP contribution in [-0.2, 0) is 48.2 Å². The lowest BCUT2D eigenvalue weighted by Gasteiger charge is -2.29. The Kier molecular flexibility index (Phi) is 11.1. The van der Waals surface area contributed by atoms with Crippen LogP contribution in [0.25, 0.3) is 0 Å². The fourth-order valence-corrected chi connectivity index (χ4v) is 5.34. The van der Waals surface area contributed by atoms with Crippen LogP contribution in [0.15, 0.2) is 53.6 Å². The molecule has 4 atom stereocenters. The molecule has 2 heterocycles. The minimum absolute atomic E-state index is 0.0777. The van der Waals surface area contributed by atoms with Crippen LogP contribution in [0.2, 0.25) is 0 Å². The second kappa shape index (κ2) is 15.3. The second-order valence-corrected chi connectivity index (χ2v) is 10.8. The number of carboxylic acids is 2. The number of hydrogen-bond acceptors (Lipinski definition) is 9. The molecule has 4 rings (SSSR count). The van der Waals surface area contributed by atoms with Gasteiger partial charge >= 0.3 is 24.1 Å². The number of urea groups is 1. The molecule has 2 aromatic carbocycles. The van der Waals surface area contributed by atoms with Crippen molar-refractivity contribution in [1.29, 1.82) is 0 Å². The first kappa shape index (κ1) is 33.9. The molecule has 2 aliphatic rings. The normalized spacial score (nSPS) is 17.9. The maximum absolute atomic E-state index is 14.0. The number of amides is 6. The highest BCUT2D eigenvalue weighted by molar-refractivity contribution is 6.08. The van der Waals surface area contributed by atoms with E-state index in [1.807, 2.05) is 5.43 Å². The number of aryl methyl sites for hydroxylation is 1. The van der Waals surface area contributed by atoms with Gasteiger partial charge in [-0.25, -0.2) is 15.0 Å². The number of alkyl carbamates (subject to hydrolysis) is 1. The molecule has 0 fully saturated rings. The van der Waals surface area contributed by atoms with Gasteiger partial charge in [0.05, 0.1) is 24.6 Å². The maximum Gasteiger partial charge on any atom is 0.408 e. The molecular formula is C30H33N7O10. The Morgan fingerprint density at radius 2 is 1.68 bits per heavy atom. The highest BCUT2D eigenvalue weighted by Gasteiger charge is 2.44. The van der Waals surface area contributed by atoms with Crippen molar-refractivity contribution in [3.05, 3.63) is 65.2 Å². The van der Waals surface area contributed by atoms with E-state index in [1.54, 1.807) is 48.5 Å². The minimum atomic E-state index is -1.59. The number of aliphatic carboxylic acids is 2. The summed E-state index contributed by atoms with van der Waals surface area (Å²) in [5.74, 6) is -5.01. The summed E-state index contributed by atoms with van der Waals surface area (Å²) in [6.45, 7) is -0.130. The smallest absolute Gasteiger partial charge is 0.408 e. The molecule has 2 aromatic rings. The molecule has 8 N–H and O–H groups in total. The molecule has 0 aliphatic carbocycles. The lowest BCUT2D eigenvalue weighted by Crippen LogP contribution is -2.58. The zero-order valence-electron chi connectivity index (χ0n) is 24.9. The number of primary amides is 1. The predicted octanol–water partition coefficient (Wildman–Crippen LogP) is -0.241. The molecule has 17 heteroatoms. The number of carboxylic acid groups (broad SMARTS) is 2. The summed E-state index contributed by atoms with van der Waals surface area (Å²) in [7, 11) is 0. The summed E-state index contributed by atoms with van der Waals surface area (Å²) in [6.07, 6.45) is -0.971. The first-order chi connectivity index (χ1) is 22.4. The van der Waals surface area contributed by atoms with Gasteiger partial charge in [-0.1, -0.05) is 48.5 Å². The van der Waals surface area contributed by atoms with Crippen molar-refractivity contribution in [3.8, 4) is 0 Å². The summed E-state index contributed by atoms with van der Waals surface area (Å²) in [5.41, 5.74) is 9.43. The molecule has 47 heavy (non-hydrogen) atoms. The lowest BCUT2D eigenvalue weighted by atomic mass is 10.0. The third-order valence-corrected chi connectivity index (χ3v) is 7.38. The van der Waals surface area contributed by atoms with Crippen molar-refractivity contribution >= 4 is 53.7 Å². The summed E-state index contributed by atoms with van der Waals surface area (Å²) in [6, 6.07) is 7.81. The van der Waals surface area contributed by atoms with Crippen LogP contribution in [0, 0.1) is 0 Å². The lowest BCUT2D eigenvalue weighted by molar-refractivity contribution is -0.140. The highest BCUT2D eigenvalue weighted by atomic mass is 16.5. The van der Waals surface area contributed by atoms with Gasteiger partial charge in [0.1, 0.15) is 24.7 Å². The van der Waals surface area contributed by atoms with Crippen molar-refractivity contribution in [1.82, 2.24) is 21.4 Å². The Bertz CT molecular complexity index is 1580. The molecule has 0 saturated heterocycles. The monoisotopic (exact) mass is 651 g/mol. The van der Waals surface area contributed by atoms with E-state index in [0.29, 0.717) is 23.2 Å². The van der Waals surface area contributed by atoms with Gasteiger partial charge in [0.15, 0.2) is 0 Å². The number of anilines is 1. The standard InChI is InChI=1S/C30H33N7O10/c31-29(45)36-32-14-19(12-23(38)39)33-27(43)22-11-18-8-4-7-17-9-10-20(28(44)37(22)25(17)18)34-26(42)21(13-24(40)41)35-30(46)47-15-16-5-2-1-3-6-16/h1-8,14,19-22H,9-13,15H2,(H,33,43)(H,34,42)(H,35,46)(H,38,39)(H,40,41)(H3,31,36,45)/b32-14+/t19?,20-,21+,22-/m0/s1. The van der Waals surface area contributed by atoms with E-state index >= 15 is 0 Å². The third-order valence-electron chi connectivity index (χ3n) is 7.38. The van der Waals surface area contributed by atoms with Crippen molar-refractivity contribution in [2.75, 3.05) is 4.90 Å². The van der Waals surface area contributed by atoms with Gasteiger partial charge in [-0.3, -0.25) is 28.9 Å². The molecule has 0 spiro atoms. The fourth-order valence-electron chi connectivity index (χ4n) is 5.34. The first-order valence-corrected chi connectivity index (χ1v) is 14.5. The summed E-state index contributed by atoms with van der Waals surface area (Å²) in [5, 5.41) is 29.5. The number of nitrogens with zero attached hydrogens (tertiary/aromatic N) is 2. The number of benzene rings is 2. The molecule has 248 valence electrons. The summed E-state index contributed by atoms with van der Waals surface area (Å²) >= 11 is 0. The van der Waals surface area contributed by atoms with E-state index in [-0.39, 0.29) is 19.4 Å². The highest BCUT2D eigenvalue weighted by Crippen LogP contribution is 2.39. The van der Waals surface area contributed by atoms with Crippen LogP contribution in [-0.4, -0.2) is 82.4 Å². The third kappa shape index (κ3) is 9.03. The van der Waals surface area contributed by atoms with E-state index in [9.17, 15) is 43.8 Å². The zero-order chi connectivity index (χ0) is 34.1. The van der Waals surface area contributed by atoms with Crippen LogP contribution in [0.3, 0.4) is 0 Å². The average molecular weight is 652 g/mol. The van der Waals surface area contributed by atoms with Crippen molar-refractivity contribution in [3.63, 3.8) is 0 Å². The van der Waals surface area contributed by atoms with Crippen LogP contribution in [0.5, 0.6) is 0 Å². The molecule has 17 nitrogen and oxygen atoms in total. The average Bonchev–Trinajstić information content (AvgIpc) is 3.35. The van der Waals surface area contributed by atoms with Gasteiger partial charge in [-0.15, -0.1) is 0 Å². The van der Waals surface area contributed by atoms with Crippen molar-refractivity contribution < 1.29 is 48.5 Å². The number of rotatable bonds is 13. The van der Waals surface area contributed by atoms with Crippen LogP contribution in [0.1, 0.15) is 36.0 Å². The van der Waals surface area contributed by atoms with Crippen LogP contribution in [0.4, 0.5) is 15.3 Å². The van der Waals surface area contributed by atoms with Gasteiger partial charge in [0, 0.05) is 12.6 Å². The largest absolute Gasteiger partial charge is 0.481 e. The predicted molar refractivity (Wildman–Crippen MR) is 163 cm³/mol. The van der Waals surface area contributed by atoms with Gasteiger partial charge < -0.3 is 36.6 Å². The van der Waals surface area contributed by atoms with Gasteiger partial charge in [0.2, 0.25) is 17.7 Å². The Labute approximate surface area is 267 Å². The number of carbonyl (C=O) groups is 7. The second-order valence-electron chi connectivity index (χ2n) is 10.8. The van der Waals surface area contributed by atoms with Crippen molar-refractivity contribution in [2.45, 2.75) is 62.9 Å². The molecular weight excluding hydrogens is 618 g/mol. The van der Waals surface area contributed by atoms with Crippen molar-refractivity contribution in [2.24, 2.45) is 10.8 Å². The molecule has 2 aliphatic heterocycles. The molecule has 0 saturated carbocycles. The van der Waals surface area contributed by atoms with E-state index < -0.39 is 78.8 Å². The number of hydrogen-bond donors (Lipinski definition) is 7. The van der Waals surface area contributed by atoms with E-state index in [4.69, 9.17) is 10.5 Å². The topological polar surface area (TPSA) is 259 Å². The van der Waals surface area contributed by atoms with E-state index in [2.05, 4.69) is 21.1 Å².